The number of nitrogens with one attached hydrogen (secondary N) is 1. The van der Waals surface area contributed by atoms with Gasteiger partial charge in [-0.2, -0.15) is 4.31 Å². The molecule has 238 valence electrons. The van der Waals surface area contributed by atoms with Crippen molar-refractivity contribution < 1.29 is 45.4 Å². The lowest BCUT2D eigenvalue weighted by atomic mass is 9.76. The summed E-state index contributed by atoms with van der Waals surface area (Å²) in [5, 5.41) is 3.15. The average molecular weight is 646 g/mol. The van der Waals surface area contributed by atoms with E-state index in [0.717, 1.165) is 33.5 Å². The molecule has 0 aromatic heterocycles. The molecule has 5 rings (SSSR count). The van der Waals surface area contributed by atoms with Crippen LogP contribution >= 0.6 is 0 Å². The van der Waals surface area contributed by atoms with Crippen LogP contribution in [0.2, 0.25) is 0 Å². The number of fused-ring (bicyclic) bond motifs is 1. The first-order chi connectivity index (χ1) is 21.3. The molecular formula is C31H30F3N3O7S. The number of amides is 2. The number of nitrogens with zero attached hydrogens (tertiary/aromatic N) is 2. The summed E-state index contributed by atoms with van der Waals surface area (Å²) in [6.07, 6.45) is -4.97. The number of rotatable bonds is 10. The van der Waals surface area contributed by atoms with Crippen molar-refractivity contribution in [2.75, 3.05) is 20.7 Å². The van der Waals surface area contributed by atoms with Gasteiger partial charge >= 0.3 is 12.3 Å². The molecule has 1 N–H and O–H groups in total. The van der Waals surface area contributed by atoms with Gasteiger partial charge in [-0.3, -0.25) is 24.6 Å². The Morgan fingerprint density at radius 2 is 1.51 bits per heavy atom. The van der Waals surface area contributed by atoms with Crippen molar-refractivity contribution in [2.24, 2.45) is 11.8 Å². The molecule has 14 heteroatoms. The highest BCUT2D eigenvalue weighted by molar-refractivity contribution is 7.89. The number of sulfonamides is 1. The summed E-state index contributed by atoms with van der Waals surface area (Å²) in [5.74, 6) is -4.86. The quantitative estimate of drug-likeness (QED) is 0.264. The van der Waals surface area contributed by atoms with Gasteiger partial charge in [0.25, 0.3) is 0 Å². The fraction of sp³-hybridized carbons (Fsp3) is 0.323. The average Bonchev–Trinajstić information content (AvgIpc) is 3.45. The predicted octanol–water partition coefficient (Wildman–Crippen LogP) is 3.13. The molecule has 2 amide bonds. The summed E-state index contributed by atoms with van der Waals surface area (Å²) < 4.78 is 74.7. The van der Waals surface area contributed by atoms with E-state index in [9.17, 15) is 36.0 Å². The lowest BCUT2D eigenvalue weighted by Crippen LogP contribution is -2.59. The summed E-state index contributed by atoms with van der Waals surface area (Å²) in [7, 11) is -1.89. The van der Waals surface area contributed by atoms with Crippen LogP contribution in [0.4, 0.5) is 13.2 Å². The van der Waals surface area contributed by atoms with E-state index in [4.69, 9.17) is 4.74 Å². The Hall–Kier alpha value is -4.27. The molecule has 0 bridgehead atoms. The molecule has 0 radical (unpaired) electrons. The van der Waals surface area contributed by atoms with Gasteiger partial charge in [0, 0.05) is 26.1 Å². The maximum absolute atomic E-state index is 14.0. The Morgan fingerprint density at radius 3 is 2.07 bits per heavy atom. The number of benzene rings is 3. The largest absolute Gasteiger partial charge is 0.573 e. The SMILES string of the molecule is COC(=O)[C@]1(Cc2ccccc2)N[C@H](CN(C)S(=O)(=O)c2ccc(OC(F)(F)F)cc2)[C@@H]2C(=O)N(Cc3ccccc3)C(=O)[C@@H]21. The Balaban J connectivity index is 1.49. The number of carbonyl (C=O) groups excluding carboxylic acids is 3. The van der Waals surface area contributed by atoms with Crippen LogP contribution in [0.1, 0.15) is 11.1 Å². The minimum absolute atomic E-state index is 0.0203. The van der Waals surface area contributed by atoms with E-state index >= 15 is 0 Å². The zero-order valence-corrected chi connectivity index (χ0v) is 25.0. The number of halogens is 3. The molecule has 0 spiro atoms. The lowest BCUT2D eigenvalue weighted by molar-refractivity contribution is -0.274. The Kier molecular flexibility index (Phi) is 8.75. The van der Waals surface area contributed by atoms with Crippen molar-refractivity contribution in [3.63, 3.8) is 0 Å². The number of esters is 1. The molecule has 2 fully saturated rings. The number of methoxy groups -OCH3 is 1. The molecule has 45 heavy (non-hydrogen) atoms. The smallest absolute Gasteiger partial charge is 0.468 e. The molecule has 4 atom stereocenters. The van der Waals surface area contributed by atoms with Crippen LogP contribution in [0.25, 0.3) is 0 Å². The van der Waals surface area contributed by atoms with E-state index in [1.807, 2.05) is 0 Å². The van der Waals surface area contributed by atoms with Crippen LogP contribution in [0.15, 0.2) is 89.8 Å². The van der Waals surface area contributed by atoms with Crippen LogP contribution in [-0.4, -0.2) is 74.1 Å². The number of ether oxygens (including phenoxy) is 2. The molecule has 2 heterocycles. The molecular weight excluding hydrogens is 615 g/mol. The summed E-state index contributed by atoms with van der Waals surface area (Å²) in [4.78, 5) is 42.4. The fourth-order valence-electron chi connectivity index (χ4n) is 6.15. The number of imide groups is 1. The third-order valence-corrected chi connectivity index (χ3v) is 9.97. The molecule has 3 aromatic carbocycles. The third-order valence-electron chi connectivity index (χ3n) is 8.13. The Labute approximate surface area is 257 Å². The van der Waals surface area contributed by atoms with Crippen LogP contribution in [0.5, 0.6) is 5.75 Å². The first kappa shape index (κ1) is 32.1. The van der Waals surface area contributed by atoms with Gasteiger partial charge < -0.3 is 9.47 Å². The van der Waals surface area contributed by atoms with Gasteiger partial charge in [-0.25, -0.2) is 8.42 Å². The van der Waals surface area contributed by atoms with E-state index in [2.05, 4.69) is 10.1 Å². The van der Waals surface area contributed by atoms with Crippen molar-refractivity contribution in [1.82, 2.24) is 14.5 Å². The molecule has 2 aliphatic rings. The fourth-order valence-corrected chi connectivity index (χ4v) is 7.35. The third kappa shape index (κ3) is 6.30. The molecule has 3 aromatic rings. The predicted molar refractivity (Wildman–Crippen MR) is 154 cm³/mol. The van der Waals surface area contributed by atoms with Gasteiger partial charge in [-0.05, 0) is 35.4 Å². The standard InChI is InChI=1S/C31H30F3N3O7S/c1-36(45(41,42)23-15-13-22(14-16-23)44-31(32,33)34)19-24-25-26(28(39)37(27(25)38)18-21-11-7-4-8-12-21)30(35-24,29(40)43-2)17-20-9-5-3-6-10-20/h3-16,24-26,35H,17-19H2,1-2H3/t24-,25+,26-,30-/m1/s1. The summed E-state index contributed by atoms with van der Waals surface area (Å²) >= 11 is 0. The van der Waals surface area contributed by atoms with Gasteiger partial charge in [0.1, 0.15) is 11.3 Å². The van der Waals surface area contributed by atoms with Crippen LogP contribution in [0, 0.1) is 11.8 Å². The number of likely N-dealkylation sites (N-methyl/N-ethyl adjacent to an activating group) is 1. The number of alkyl halides is 3. The second-order valence-corrected chi connectivity index (χ2v) is 13.0. The second kappa shape index (κ2) is 12.3. The first-order valence-corrected chi connectivity index (χ1v) is 15.3. The van der Waals surface area contributed by atoms with E-state index < -0.39 is 63.3 Å². The van der Waals surface area contributed by atoms with Gasteiger partial charge in [0.05, 0.1) is 30.4 Å². The molecule has 0 saturated carbocycles. The highest BCUT2D eigenvalue weighted by Gasteiger charge is 2.68. The van der Waals surface area contributed by atoms with Crippen molar-refractivity contribution in [1.29, 1.82) is 0 Å². The van der Waals surface area contributed by atoms with E-state index in [1.165, 1.54) is 14.2 Å². The molecule has 0 aliphatic carbocycles. The number of likely N-dealkylation sites (tertiary alicyclic amines) is 1. The number of hydrogen-bond acceptors (Lipinski definition) is 8. The second-order valence-electron chi connectivity index (χ2n) is 10.9. The van der Waals surface area contributed by atoms with Gasteiger partial charge in [0.15, 0.2) is 0 Å². The van der Waals surface area contributed by atoms with Gasteiger partial charge in [0.2, 0.25) is 21.8 Å². The van der Waals surface area contributed by atoms with Crippen molar-refractivity contribution >= 4 is 27.8 Å². The normalized spacial score (nSPS) is 23.3. The van der Waals surface area contributed by atoms with Crippen LogP contribution in [0.3, 0.4) is 0 Å². The number of carbonyl (C=O) groups is 3. The zero-order chi connectivity index (χ0) is 32.6. The van der Waals surface area contributed by atoms with E-state index in [1.54, 1.807) is 60.7 Å². The monoisotopic (exact) mass is 645 g/mol. The Bertz CT molecular complexity index is 1670. The van der Waals surface area contributed by atoms with Crippen LogP contribution in [-0.2, 0) is 42.1 Å². The minimum atomic E-state index is -4.95. The van der Waals surface area contributed by atoms with E-state index in [-0.39, 0.29) is 24.4 Å². The Morgan fingerprint density at radius 1 is 0.933 bits per heavy atom. The van der Waals surface area contributed by atoms with Crippen molar-refractivity contribution in [3.05, 3.63) is 96.1 Å². The maximum atomic E-state index is 14.0. The summed E-state index contributed by atoms with van der Waals surface area (Å²) in [6, 6.07) is 20.4. The topological polar surface area (TPSA) is 122 Å². The first-order valence-electron chi connectivity index (χ1n) is 13.9. The maximum Gasteiger partial charge on any atom is 0.573 e. The number of hydrogen-bond donors (Lipinski definition) is 1. The highest BCUT2D eigenvalue weighted by Crippen LogP contribution is 2.46. The lowest BCUT2D eigenvalue weighted by Gasteiger charge is -2.33. The van der Waals surface area contributed by atoms with E-state index in [0.29, 0.717) is 11.1 Å². The molecule has 2 saturated heterocycles. The summed E-state index contributed by atoms with van der Waals surface area (Å²) in [5.41, 5.74) is -0.336. The van der Waals surface area contributed by atoms with Gasteiger partial charge in [-0.15, -0.1) is 13.2 Å². The minimum Gasteiger partial charge on any atom is -0.468 e. The van der Waals surface area contributed by atoms with Crippen molar-refractivity contribution in [3.8, 4) is 5.75 Å². The molecule has 0 unspecified atom stereocenters. The summed E-state index contributed by atoms with van der Waals surface area (Å²) in [6.45, 7) is -0.392. The highest BCUT2D eigenvalue weighted by atomic mass is 32.2. The van der Waals surface area contributed by atoms with Gasteiger partial charge in [-0.1, -0.05) is 60.7 Å². The molecule has 10 nitrogen and oxygen atoms in total. The van der Waals surface area contributed by atoms with Crippen molar-refractivity contribution in [2.45, 2.75) is 35.8 Å². The zero-order valence-electron chi connectivity index (χ0n) is 24.2. The molecule has 2 aliphatic heterocycles. The van der Waals surface area contributed by atoms with Crippen LogP contribution < -0.4 is 10.1 Å².